The molecule has 130 valence electrons. The number of amides is 1. The van der Waals surface area contributed by atoms with Gasteiger partial charge in [-0.1, -0.05) is 0 Å². The number of hydrogen-bond donors (Lipinski definition) is 1. The van der Waals surface area contributed by atoms with Crippen LogP contribution in [0, 0.1) is 0 Å². The second kappa shape index (κ2) is 6.38. The van der Waals surface area contributed by atoms with Crippen LogP contribution in [0.2, 0.25) is 0 Å². The molecule has 9 heteroatoms. The van der Waals surface area contributed by atoms with Crippen molar-refractivity contribution in [3.63, 3.8) is 0 Å². The Kier molecular flexibility index (Phi) is 4.58. The fourth-order valence-corrected chi connectivity index (χ4v) is 5.65. The van der Waals surface area contributed by atoms with Crippen molar-refractivity contribution in [2.45, 2.75) is 23.0 Å². The van der Waals surface area contributed by atoms with E-state index in [4.69, 9.17) is 4.74 Å². The lowest BCUT2D eigenvalue weighted by molar-refractivity contribution is -0.140. The van der Waals surface area contributed by atoms with Crippen molar-refractivity contribution in [3.05, 3.63) is 23.8 Å². The van der Waals surface area contributed by atoms with E-state index in [2.05, 4.69) is 5.32 Å². The molecule has 7 nitrogen and oxygen atoms in total. The SMILES string of the molecule is COC(=O)[C@@H]1CN(S(=O)(=O)c2ccc3c(c2)[C@H](C)C(=O)N3)CCS1. The highest BCUT2D eigenvalue weighted by Gasteiger charge is 2.35. The van der Waals surface area contributed by atoms with Crippen molar-refractivity contribution >= 4 is 39.3 Å². The summed E-state index contributed by atoms with van der Waals surface area (Å²) in [5, 5.41) is 2.20. The van der Waals surface area contributed by atoms with Gasteiger partial charge in [-0.15, -0.1) is 11.8 Å². The molecule has 0 unspecified atom stereocenters. The zero-order valence-corrected chi connectivity index (χ0v) is 14.9. The lowest BCUT2D eigenvalue weighted by Crippen LogP contribution is -2.44. The van der Waals surface area contributed by atoms with Crippen LogP contribution in [-0.4, -0.2) is 55.8 Å². The largest absolute Gasteiger partial charge is 0.468 e. The highest BCUT2D eigenvalue weighted by molar-refractivity contribution is 8.00. The van der Waals surface area contributed by atoms with Crippen LogP contribution in [-0.2, 0) is 24.3 Å². The number of nitrogens with zero attached hydrogens (tertiary/aromatic N) is 1. The molecule has 0 radical (unpaired) electrons. The summed E-state index contributed by atoms with van der Waals surface area (Å²) in [6.07, 6.45) is 0. The Morgan fingerprint density at radius 1 is 1.42 bits per heavy atom. The van der Waals surface area contributed by atoms with Crippen molar-refractivity contribution in [3.8, 4) is 0 Å². The lowest BCUT2D eigenvalue weighted by atomic mass is 10.0. The van der Waals surface area contributed by atoms with E-state index < -0.39 is 21.2 Å². The number of rotatable bonds is 3. The van der Waals surface area contributed by atoms with Crippen molar-refractivity contribution in [2.24, 2.45) is 0 Å². The first-order valence-corrected chi connectivity index (χ1v) is 9.98. The van der Waals surface area contributed by atoms with Gasteiger partial charge < -0.3 is 10.1 Å². The van der Waals surface area contributed by atoms with Crippen molar-refractivity contribution in [1.29, 1.82) is 0 Å². The van der Waals surface area contributed by atoms with E-state index in [1.165, 1.54) is 29.2 Å². The van der Waals surface area contributed by atoms with E-state index in [0.717, 1.165) is 0 Å². The molecule has 2 aliphatic rings. The van der Waals surface area contributed by atoms with Crippen LogP contribution in [0.15, 0.2) is 23.1 Å². The predicted molar refractivity (Wildman–Crippen MR) is 90.5 cm³/mol. The van der Waals surface area contributed by atoms with E-state index in [9.17, 15) is 18.0 Å². The number of sulfonamides is 1. The first-order valence-electron chi connectivity index (χ1n) is 7.49. The molecular weight excluding hydrogens is 352 g/mol. The number of fused-ring (bicyclic) bond motifs is 1. The summed E-state index contributed by atoms with van der Waals surface area (Å²) in [4.78, 5) is 23.6. The number of benzene rings is 1. The molecule has 1 N–H and O–H groups in total. The number of thioether (sulfide) groups is 1. The van der Waals surface area contributed by atoms with Crippen LogP contribution in [0.1, 0.15) is 18.4 Å². The first-order chi connectivity index (χ1) is 11.3. The number of esters is 1. The molecule has 2 heterocycles. The third kappa shape index (κ3) is 2.91. The molecule has 0 spiro atoms. The Bertz CT molecular complexity index is 793. The molecule has 1 aromatic rings. The summed E-state index contributed by atoms with van der Waals surface area (Å²) in [7, 11) is -2.43. The van der Waals surface area contributed by atoms with Gasteiger partial charge in [-0.2, -0.15) is 4.31 Å². The van der Waals surface area contributed by atoms with E-state index >= 15 is 0 Å². The zero-order valence-electron chi connectivity index (χ0n) is 13.3. The maximum atomic E-state index is 12.9. The van der Waals surface area contributed by atoms with Gasteiger partial charge in [0.15, 0.2) is 0 Å². The molecule has 0 saturated carbocycles. The molecule has 24 heavy (non-hydrogen) atoms. The minimum absolute atomic E-state index is 0.0868. The Balaban J connectivity index is 1.89. The summed E-state index contributed by atoms with van der Waals surface area (Å²) in [5.74, 6) is -0.410. The van der Waals surface area contributed by atoms with E-state index in [1.54, 1.807) is 19.1 Å². The maximum Gasteiger partial charge on any atom is 0.320 e. The maximum absolute atomic E-state index is 12.9. The Morgan fingerprint density at radius 2 is 2.17 bits per heavy atom. The van der Waals surface area contributed by atoms with Gasteiger partial charge in [0.25, 0.3) is 0 Å². The molecule has 0 aromatic heterocycles. The minimum atomic E-state index is -3.73. The van der Waals surface area contributed by atoms with Gasteiger partial charge in [-0.3, -0.25) is 9.59 Å². The fourth-order valence-electron chi connectivity index (χ4n) is 2.82. The first kappa shape index (κ1) is 17.2. The summed E-state index contributed by atoms with van der Waals surface area (Å²) in [5.41, 5.74) is 1.32. The van der Waals surface area contributed by atoms with Gasteiger partial charge in [0, 0.05) is 24.5 Å². The quantitative estimate of drug-likeness (QED) is 0.799. The molecule has 1 fully saturated rings. The molecule has 1 aromatic carbocycles. The van der Waals surface area contributed by atoms with Gasteiger partial charge in [-0.25, -0.2) is 8.42 Å². The van der Waals surface area contributed by atoms with Crippen LogP contribution in [0.3, 0.4) is 0 Å². The number of carbonyl (C=O) groups is 2. The van der Waals surface area contributed by atoms with Crippen molar-refractivity contribution < 1.29 is 22.7 Å². The number of carbonyl (C=O) groups excluding carboxylic acids is 2. The molecule has 1 saturated heterocycles. The third-order valence-corrected chi connectivity index (χ3v) is 7.30. The van der Waals surface area contributed by atoms with Gasteiger partial charge in [0.2, 0.25) is 15.9 Å². The van der Waals surface area contributed by atoms with Crippen LogP contribution >= 0.6 is 11.8 Å². The van der Waals surface area contributed by atoms with Gasteiger partial charge in [0.05, 0.1) is 17.9 Å². The molecule has 0 aliphatic carbocycles. The Hall–Kier alpha value is -1.58. The average Bonchev–Trinajstić information content (AvgIpc) is 2.88. The second-order valence-electron chi connectivity index (χ2n) is 5.71. The summed E-state index contributed by atoms with van der Waals surface area (Å²) < 4.78 is 31.8. The number of methoxy groups -OCH3 is 1. The van der Waals surface area contributed by atoms with Gasteiger partial charge in [0.1, 0.15) is 5.25 Å². The molecule has 3 rings (SSSR count). The van der Waals surface area contributed by atoms with Crippen molar-refractivity contribution in [1.82, 2.24) is 4.31 Å². The monoisotopic (exact) mass is 370 g/mol. The van der Waals surface area contributed by atoms with E-state index in [-0.39, 0.29) is 23.3 Å². The minimum Gasteiger partial charge on any atom is -0.468 e. The summed E-state index contributed by atoms with van der Waals surface area (Å²) in [6.45, 7) is 2.16. The number of ether oxygens (including phenoxy) is 1. The molecule has 2 aliphatic heterocycles. The summed E-state index contributed by atoms with van der Waals surface area (Å²) in [6, 6.07) is 4.64. The highest BCUT2D eigenvalue weighted by atomic mass is 32.2. The zero-order chi connectivity index (χ0) is 17.5. The van der Waals surface area contributed by atoms with E-state index in [1.807, 2.05) is 0 Å². The van der Waals surface area contributed by atoms with Gasteiger partial charge >= 0.3 is 5.97 Å². The molecule has 1 amide bonds. The Labute approximate surface area is 144 Å². The topological polar surface area (TPSA) is 92.8 Å². The molecule has 0 bridgehead atoms. The lowest BCUT2D eigenvalue weighted by Gasteiger charge is -2.30. The highest BCUT2D eigenvalue weighted by Crippen LogP contribution is 2.35. The standard InChI is InChI=1S/C15H18N2O5S2/c1-9-11-7-10(3-4-12(11)16-14(9)18)24(20,21)17-5-6-23-13(8-17)15(19)22-2/h3-4,7,9,13H,5-6,8H2,1-2H3,(H,16,18)/t9-,13-/m0/s1. The number of anilines is 1. The predicted octanol–water partition coefficient (Wildman–Crippen LogP) is 1.02. The van der Waals surface area contributed by atoms with Crippen LogP contribution in [0.25, 0.3) is 0 Å². The van der Waals surface area contributed by atoms with Gasteiger partial charge in [-0.05, 0) is 30.7 Å². The van der Waals surface area contributed by atoms with Crippen molar-refractivity contribution in [2.75, 3.05) is 31.3 Å². The van der Waals surface area contributed by atoms with Crippen LogP contribution in [0.4, 0.5) is 5.69 Å². The fraction of sp³-hybridized carbons (Fsp3) is 0.467. The van der Waals surface area contributed by atoms with Crippen LogP contribution < -0.4 is 5.32 Å². The number of hydrogen-bond acceptors (Lipinski definition) is 6. The smallest absolute Gasteiger partial charge is 0.320 e. The molecule has 2 atom stereocenters. The van der Waals surface area contributed by atoms with E-state index in [0.29, 0.717) is 23.5 Å². The molecular formula is C15H18N2O5S2. The second-order valence-corrected chi connectivity index (χ2v) is 8.95. The average molecular weight is 370 g/mol. The van der Waals surface area contributed by atoms with Crippen LogP contribution in [0.5, 0.6) is 0 Å². The normalized spacial score (nSPS) is 24.3. The Morgan fingerprint density at radius 3 is 2.88 bits per heavy atom. The summed E-state index contributed by atoms with van der Waals surface area (Å²) >= 11 is 1.40. The third-order valence-electron chi connectivity index (χ3n) is 4.27. The number of nitrogens with one attached hydrogen (secondary N) is 1.